The first kappa shape index (κ1) is 14.7. The van der Waals surface area contributed by atoms with Crippen LogP contribution in [0.15, 0.2) is 0 Å². The Labute approximate surface area is 107 Å². The zero-order valence-corrected chi connectivity index (χ0v) is 12.1. The molecule has 1 atom stereocenters. The van der Waals surface area contributed by atoms with Gasteiger partial charge in [-0.1, -0.05) is 33.6 Å². The summed E-state index contributed by atoms with van der Waals surface area (Å²) in [4.78, 5) is 15.0. The molecule has 0 aromatic heterocycles. The molecule has 1 unspecified atom stereocenters. The standard InChI is InChI=1S/C15H29NO/c1-5-13(6-2)12-14(17)15(4,7-3)16-10-8-9-11-16/h13H,5-12H2,1-4H3. The van der Waals surface area contributed by atoms with Crippen LogP contribution in [0, 0.1) is 5.92 Å². The van der Waals surface area contributed by atoms with Crippen LogP contribution < -0.4 is 0 Å². The Morgan fingerprint density at radius 3 is 2.12 bits per heavy atom. The van der Waals surface area contributed by atoms with Crippen LogP contribution in [-0.4, -0.2) is 29.3 Å². The number of hydrogen-bond donors (Lipinski definition) is 0. The van der Waals surface area contributed by atoms with Crippen LogP contribution in [0.3, 0.4) is 0 Å². The number of rotatable bonds is 7. The van der Waals surface area contributed by atoms with Crippen molar-refractivity contribution in [1.82, 2.24) is 4.90 Å². The molecule has 0 amide bonds. The van der Waals surface area contributed by atoms with Gasteiger partial charge in [-0.3, -0.25) is 9.69 Å². The van der Waals surface area contributed by atoms with Crippen LogP contribution in [0.25, 0.3) is 0 Å². The summed E-state index contributed by atoms with van der Waals surface area (Å²) in [7, 11) is 0. The Morgan fingerprint density at radius 2 is 1.71 bits per heavy atom. The van der Waals surface area contributed by atoms with Gasteiger partial charge in [0.1, 0.15) is 0 Å². The lowest BCUT2D eigenvalue weighted by molar-refractivity contribution is -0.131. The lowest BCUT2D eigenvalue weighted by Gasteiger charge is -2.37. The Kier molecular flexibility index (Phi) is 5.64. The molecule has 0 radical (unpaired) electrons. The summed E-state index contributed by atoms with van der Waals surface area (Å²) in [6.07, 6.45) is 6.49. The zero-order valence-electron chi connectivity index (χ0n) is 12.1. The van der Waals surface area contributed by atoms with Gasteiger partial charge in [0.25, 0.3) is 0 Å². The van der Waals surface area contributed by atoms with E-state index in [1.165, 1.54) is 12.8 Å². The van der Waals surface area contributed by atoms with Crippen molar-refractivity contribution in [2.45, 2.75) is 71.8 Å². The van der Waals surface area contributed by atoms with E-state index in [1.807, 2.05) is 0 Å². The predicted octanol–water partition coefficient (Wildman–Crippen LogP) is 3.65. The van der Waals surface area contributed by atoms with Gasteiger partial charge in [-0.25, -0.2) is 0 Å². The second-order valence-corrected chi connectivity index (χ2v) is 5.63. The molecule has 0 aliphatic carbocycles. The average Bonchev–Trinajstić information content (AvgIpc) is 2.88. The summed E-state index contributed by atoms with van der Waals surface area (Å²) < 4.78 is 0. The summed E-state index contributed by atoms with van der Waals surface area (Å²) in [6, 6.07) is 0. The van der Waals surface area contributed by atoms with Crippen LogP contribution in [0.2, 0.25) is 0 Å². The quantitative estimate of drug-likeness (QED) is 0.676. The van der Waals surface area contributed by atoms with E-state index < -0.39 is 0 Å². The summed E-state index contributed by atoms with van der Waals surface area (Å²) in [5.41, 5.74) is -0.195. The Bertz CT molecular complexity index is 241. The summed E-state index contributed by atoms with van der Waals surface area (Å²) in [5.74, 6) is 1.05. The maximum Gasteiger partial charge on any atom is 0.153 e. The minimum atomic E-state index is -0.195. The molecular weight excluding hydrogens is 210 g/mol. The van der Waals surface area contributed by atoms with Crippen molar-refractivity contribution in [3.05, 3.63) is 0 Å². The predicted molar refractivity (Wildman–Crippen MR) is 73.2 cm³/mol. The molecule has 1 aliphatic heterocycles. The van der Waals surface area contributed by atoms with Crippen LogP contribution in [0.1, 0.15) is 66.2 Å². The number of carbonyl (C=O) groups excluding carboxylic acids is 1. The van der Waals surface area contributed by atoms with Crippen molar-refractivity contribution in [3.8, 4) is 0 Å². The summed E-state index contributed by atoms with van der Waals surface area (Å²) in [5, 5.41) is 0. The number of carbonyl (C=O) groups is 1. The van der Waals surface area contributed by atoms with E-state index in [0.717, 1.165) is 38.8 Å². The molecule has 0 spiro atoms. The lowest BCUT2D eigenvalue weighted by atomic mass is 9.84. The van der Waals surface area contributed by atoms with Gasteiger partial charge >= 0.3 is 0 Å². The van der Waals surface area contributed by atoms with E-state index in [1.54, 1.807) is 0 Å². The van der Waals surface area contributed by atoms with Gasteiger partial charge in [0.2, 0.25) is 0 Å². The maximum atomic E-state index is 12.6. The molecule has 17 heavy (non-hydrogen) atoms. The molecule has 100 valence electrons. The third kappa shape index (κ3) is 3.31. The van der Waals surface area contributed by atoms with Crippen LogP contribution in [0.4, 0.5) is 0 Å². The first-order valence-corrected chi connectivity index (χ1v) is 7.36. The van der Waals surface area contributed by atoms with Crippen molar-refractivity contribution in [2.75, 3.05) is 13.1 Å². The molecule has 0 aromatic carbocycles. The molecule has 1 saturated heterocycles. The normalized spacial score (nSPS) is 20.8. The summed E-state index contributed by atoms with van der Waals surface area (Å²) >= 11 is 0. The second-order valence-electron chi connectivity index (χ2n) is 5.63. The van der Waals surface area contributed by atoms with Gasteiger partial charge in [0.05, 0.1) is 5.54 Å². The number of hydrogen-bond acceptors (Lipinski definition) is 2. The monoisotopic (exact) mass is 239 g/mol. The van der Waals surface area contributed by atoms with E-state index >= 15 is 0 Å². The SMILES string of the molecule is CCC(CC)CC(=O)C(C)(CC)N1CCCC1. The molecule has 1 fully saturated rings. The molecule has 1 heterocycles. The first-order valence-electron chi connectivity index (χ1n) is 7.36. The van der Waals surface area contributed by atoms with Crippen molar-refractivity contribution in [3.63, 3.8) is 0 Å². The molecule has 2 nitrogen and oxygen atoms in total. The summed E-state index contributed by atoms with van der Waals surface area (Å²) in [6.45, 7) is 10.9. The Hall–Kier alpha value is -0.370. The maximum absolute atomic E-state index is 12.6. The highest BCUT2D eigenvalue weighted by molar-refractivity contribution is 5.88. The molecule has 1 rings (SSSR count). The average molecular weight is 239 g/mol. The van der Waals surface area contributed by atoms with E-state index in [4.69, 9.17) is 0 Å². The second kappa shape index (κ2) is 6.53. The minimum Gasteiger partial charge on any atom is -0.298 e. The number of nitrogens with zero attached hydrogens (tertiary/aromatic N) is 1. The molecule has 0 bridgehead atoms. The smallest absolute Gasteiger partial charge is 0.153 e. The van der Waals surface area contributed by atoms with E-state index in [-0.39, 0.29) is 5.54 Å². The molecule has 0 N–H and O–H groups in total. The topological polar surface area (TPSA) is 20.3 Å². The third-order valence-electron chi connectivity index (χ3n) is 4.72. The number of Topliss-reactive ketones (excluding diaryl/α,β-unsaturated/α-hetero) is 1. The Morgan fingerprint density at radius 1 is 1.18 bits per heavy atom. The van der Waals surface area contributed by atoms with Crippen LogP contribution in [-0.2, 0) is 4.79 Å². The minimum absolute atomic E-state index is 0.195. The zero-order chi connectivity index (χ0) is 12.9. The van der Waals surface area contributed by atoms with Gasteiger partial charge in [-0.05, 0) is 45.2 Å². The highest BCUT2D eigenvalue weighted by Crippen LogP contribution is 2.29. The van der Waals surface area contributed by atoms with Crippen molar-refractivity contribution >= 4 is 5.78 Å². The van der Waals surface area contributed by atoms with Crippen LogP contribution >= 0.6 is 0 Å². The number of likely N-dealkylation sites (tertiary alicyclic amines) is 1. The fourth-order valence-corrected chi connectivity index (χ4v) is 2.87. The Balaban J connectivity index is 2.67. The fraction of sp³-hybridized carbons (Fsp3) is 0.933. The molecule has 0 saturated carbocycles. The molecule has 0 aromatic rings. The number of ketones is 1. The first-order chi connectivity index (χ1) is 8.08. The van der Waals surface area contributed by atoms with Gasteiger partial charge in [-0.15, -0.1) is 0 Å². The molecular formula is C15H29NO. The van der Waals surface area contributed by atoms with Gasteiger partial charge in [0.15, 0.2) is 5.78 Å². The van der Waals surface area contributed by atoms with Gasteiger partial charge in [-0.2, -0.15) is 0 Å². The highest BCUT2D eigenvalue weighted by atomic mass is 16.1. The van der Waals surface area contributed by atoms with E-state index in [0.29, 0.717) is 11.7 Å². The fourth-order valence-electron chi connectivity index (χ4n) is 2.87. The molecule has 1 aliphatic rings. The van der Waals surface area contributed by atoms with Crippen LogP contribution in [0.5, 0.6) is 0 Å². The largest absolute Gasteiger partial charge is 0.298 e. The van der Waals surface area contributed by atoms with Gasteiger partial charge < -0.3 is 0 Å². The third-order valence-corrected chi connectivity index (χ3v) is 4.72. The molecule has 2 heteroatoms. The van der Waals surface area contributed by atoms with Crippen molar-refractivity contribution in [1.29, 1.82) is 0 Å². The van der Waals surface area contributed by atoms with E-state index in [2.05, 4.69) is 32.6 Å². The van der Waals surface area contributed by atoms with E-state index in [9.17, 15) is 4.79 Å². The van der Waals surface area contributed by atoms with Crippen molar-refractivity contribution < 1.29 is 4.79 Å². The van der Waals surface area contributed by atoms with Gasteiger partial charge in [0, 0.05) is 6.42 Å². The highest BCUT2D eigenvalue weighted by Gasteiger charge is 2.38. The lowest BCUT2D eigenvalue weighted by Crippen LogP contribution is -2.51. The van der Waals surface area contributed by atoms with Crippen molar-refractivity contribution in [2.24, 2.45) is 5.92 Å².